The molecule has 2 saturated carbocycles. The predicted octanol–water partition coefficient (Wildman–Crippen LogP) is 2.34. The van der Waals surface area contributed by atoms with Crippen LogP contribution in [0.25, 0.3) is 0 Å². The van der Waals surface area contributed by atoms with Crippen LogP contribution in [0.3, 0.4) is 0 Å². The van der Waals surface area contributed by atoms with Gasteiger partial charge in [0.2, 0.25) is 5.91 Å². The third kappa shape index (κ3) is 2.40. The van der Waals surface area contributed by atoms with Gasteiger partial charge in [0.05, 0.1) is 11.7 Å². The molecule has 1 amide bonds. The predicted molar refractivity (Wildman–Crippen MR) is 85.0 cm³/mol. The zero-order valence-electron chi connectivity index (χ0n) is 14.0. The summed E-state index contributed by atoms with van der Waals surface area (Å²) >= 11 is 0. The minimum atomic E-state index is -0.215. The molecule has 0 bridgehead atoms. The highest BCUT2D eigenvalue weighted by atomic mass is 16.2. The van der Waals surface area contributed by atoms with Gasteiger partial charge in [-0.25, -0.2) is 0 Å². The van der Waals surface area contributed by atoms with Gasteiger partial charge in [-0.05, 0) is 46.2 Å². The minimum Gasteiger partial charge on any atom is -0.324 e. The monoisotopic (exact) mass is 293 g/mol. The Labute approximate surface area is 129 Å². The number of amides is 1. The lowest BCUT2D eigenvalue weighted by atomic mass is 9.93. The van der Waals surface area contributed by atoms with Crippen molar-refractivity contribution in [3.05, 3.63) is 0 Å². The third-order valence-corrected chi connectivity index (χ3v) is 6.28. The molecule has 0 radical (unpaired) electrons. The van der Waals surface area contributed by atoms with E-state index in [-0.39, 0.29) is 17.2 Å². The first kappa shape index (κ1) is 15.3. The van der Waals surface area contributed by atoms with Gasteiger partial charge in [0.1, 0.15) is 0 Å². The molecule has 1 unspecified atom stereocenters. The maximum absolute atomic E-state index is 13.1. The second kappa shape index (κ2) is 5.54. The molecule has 3 aliphatic rings. The molecule has 1 aliphatic heterocycles. The number of carbonyl (C=O) groups is 1. The average Bonchev–Trinajstić information content (AvgIpc) is 3.17. The molecule has 0 aromatic rings. The quantitative estimate of drug-likeness (QED) is 0.864. The number of carbonyl (C=O) groups excluding carboxylic acids is 1. The number of rotatable bonds is 4. The molecule has 4 nitrogen and oxygen atoms in total. The maximum atomic E-state index is 13.1. The highest BCUT2D eigenvalue weighted by molar-refractivity contribution is 5.89. The summed E-state index contributed by atoms with van der Waals surface area (Å²) in [6.07, 6.45) is 10.8. The van der Waals surface area contributed by atoms with Gasteiger partial charge in [0.15, 0.2) is 0 Å². The van der Waals surface area contributed by atoms with Gasteiger partial charge in [0, 0.05) is 12.1 Å². The first-order valence-corrected chi connectivity index (χ1v) is 8.79. The Morgan fingerprint density at radius 1 is 1.14 bits per heavy atom. The lowest BCUT2D eigenvalue weighted by Crippen LogP contribution is -2.54. The number of nitrogens with one attached hydrogen (secondary N) is 1. The summed E-state index contributed by atoms with van der Waals surface area (Å²) in [6, 6.07) is 0. The SMILES string of the molecule is CCC1NC2(CCCC2)C(=O)N1CC1(N(C)C)CCCC1. The Hall–Kier alpha value is -0.610. The normalized spacial score (nSPS) is 31.0. The van der Waals surface area contributed by atoms with Crippen LogP contribution in [0.2, 0.25) is 0 Å². The zero-order chi connectivity index (χ0) is 15.1. The van der Waals surface area contributed by atoms with Gasteiger partial charge in [-0.15, -0.1) is 0 Å². The maximum Gasteiger partial charge on any atom is 0.244 e. The molecule has 120 valence electrons. The van der Waals surface area contributed by atoms with Crippen molar-refractivity contribution >= 4 is 5.91 Å². The van der Waals surface area contributed by atoms with Gasteiger partial charge >= 0.3 is 0 Å². The molecule has 4 heteroatoms. The summed E-state index contributed by atoms with van der Waals surface area (Å²) in [4.78, 5) is 17.7. The molecule has 2 aliphatic carbocycles. The standard InChI is InChI=1S/C17H31N3O/c1-4-14-18-17(11-7-8-12-17)15(21)20(14)13-16(19(2)3)9-5-6-10-16/h14,18H,4-13H2,1-3H3. The number of nitrogens with zero attached hydrogens (tertiary/aromatic N) is 2. The van der Waals surface area contributed by atoms with Crippen LogP contribution >= 0.6 is 0 Å². The van der Waals surface area contributed by atoms with Gasteiger partial charge in [-0.2, -0.15) is 0 Å². The smallest absolute Gasteiger partial charge is 0.244 e. The Bertz CT molecular complexity index is 395. The first-order chi connectivity index (χ1) is 10.0. The van der Waals surface area contributed by atoms with E-state index in [0.717, 1.165) is 25.8 Å². The molecule has 3 rings (SSSR count). The summed E-state index contributed by atoms with van der Waals surface area (Å²) < 4.78 is 0. The van der Waals surface area contributed by atoms with Crippen molar-refractivity contribution in [2.45, 2.75) is 82.0 Å². The van der Waals surface area contributed by atoms with Crippen LogP contribution in [0, 0.1) is 0 Å². The summed E-state index contributed by atoms with van der Waals surface area (Å²) in [5.41, 5.74) is -0.0122. The van der Waals surface area contributed by atoms with Crippen LogP contribution in [0.5, 0.6) is 0 Å². The molecule has 0 aromatic carbocycles. The van der Waals surface area contributed by atoms with E-state index in [1.54, 1.807) is 0 Å². The van der Waals surface area contributed by atoms with Gasteiger partial charge in [-0.3, -0.25) is 10.1 Å². The third-order valence-electron chi connectivity index (χ3n) is 6.28. The van der Waals surface area contributed by atoms with Gasteiger partial charge < -0.3 is 9.80 Å². The second-order valence-electron chi connectivity index (χ2n) is 7.62. The highest BCUT2D eigenvalue weighted by Gasteiger charge is 2.53. The van der Waals surface area contributed by atoms with Crippen molar-refractivity contribution in [2.75, 3.05) is 20.6 Å². The van der Waals surface area contributed by atoms with Crippen LogP contribution in [0.1, 0.15) is 64.7 Å². The van der Waals surface area contributed by atoms with Crippen LogP contribution < -0.4 is 5.32 Å². The fourth-order valence-electron chi connectivity index (χ4n) is 4.81. The van der Waals surface area contributed by atoms with Crippen molar-refractivity contribution in [3.8, 4) is 0 Å². The van der Waals surface area contributed by atoms with Crippen LogP contribution in [-0.4, -0.2) is 53.6 Å². The van der Waals surface area contributed by atoms with Crippen molar-refractivity contribution < 1.29 is 4.79 Å². The molecule has 1 saturated heterocycles. The average molecular weight is 293 g/mol. The summed E-state index contributed by atoms with van der Waals surface area (Å²) in [5, 5.41) is 3.70. The highest BCUT2D eigenvalue weighted by Crippen LogP contribution is 2.40. The van der Waals surface area contributed by atoms with E-state index in [1.807, 2.05) is 0 Å². The summed E-state index contributed by atoms with van der Waals surface area (Å²) in [6.45, 7) is 3.11. The van der Waals surface area contributed by atoms with E-state index in [0.29, 0.717) is 5.91 Å². The fraction of sp³-hybridized carbons (Fsp3) is 0.941. The van der Waals surface area contributed by atoms with Crippen molar-refractivity contribution in [1.29, 1.82) is 0 Å². The molecular formula is C17H31N3O. The molecule has 3 fully saturated rings. The molecule has 1 atom stereocenters. The Morgan fingerprint density at radius 3 is 2.24 bits per heavy atom. The fourth-order valence-corrected chi connectivity index (χ4v) is 4.81. The van der Waals surface area contributed by atoms with Crippen molar-refractivity contribution in [3.63, 3.8) is 0 Å². The van der Waals surface area contributed by atoms with Gasteiger partial charge in [-0.1, -0.05) is 32.6 Å². The summed E-state index contributed by atoms with van der Waals surface area (Å²) in [5.74, 6) is 0.389. The molecule has 21 heavy (non-hydrogen) atoms. The van der Waals surface area contributed by atoms with Gasteiger partial charge in [0.25, 0.3) is 0 Å². The number of hydrogen-bond donors (Lipinski definition) is 1. The first-order valence-electron chi connectivity index (χ1n) is 8.79. The van der Waals surface area contributed by atoms with Crippen LogP contribution in [0.15, 0.2) is 0 Å². The molecule has 0 aromatic heterocycles. The van der Waals surface area contributed by atoms with E-state index >= 15 is 0 Å². The minimum absolute atomic E-state index is 0.203. The Balaban J connectivity index is 1.81. The van der Waals surface area contributed by atoms with E-state index < -0.39 is 0 Å². The van der Waals surface area contributed by atoms with Crippen molar-refractivity contribution in [1.82, 2.24) is 15.1 Å². The van der Waals surface area contributed by atoms with E-state index in [9.17, 15) is 4.79 Å². The van der Waals surface area contributed by atoms with Crippen LogP contribution in [-0.2, 0) is 4.79 Å². The number of hydrogen-bond acceptors (Lipinski definition) is 3. The second-order valence-corrected chi connectivity index (χ2v) is 7.62. The molecular weight excluding hydrogens is 262 g/mol. The molecule has 1 N–H and O–H groups in total. The van der Waals surface area contributed by atoms with E-state index in [4.69, 9.17) is 0 Å². The Kier molecular flexibility index (Phi) is 4.04. The topological polar surface area (TPSA) is 35.6 Å². The zero-order valence-corrected chi connectivity index (χ0v) is 14.0. The molecule has 1 heterocycles. The lowest BCUT2D eigenvalue weighted by Gasteiger charge is -2.41. The largest absolute Gasteiger partial charge is 0.324 e. The van der Waals surface area contributed by atoms with E-state index in [1.165, 1.54) is 38.5 Å². The van der Waals surface area contributed by atoms with Crippen LogP contribution in [0.4, 0.5) is 0 Å². The van der Waals surface area contributed by atoms with Crippen molar-refractivity contribution in [2.24, 2.45) is 0 Å². The summed E-state index contributed by atoms with van der Waals surface area (Å²) in [7, 11) is 4.37. The lowest BCUT2D eigenvalue weighted by molar-refractivity contribution is -0.135. The van der Waals surface area contributed by atoms with E-state index in [2.05, 4.69) is 36.1 Å². The Morgan fingerprint density at radius 2 is 1.71 bits per heavy atom. The molecule has 1 spiro atoms. The number of likely N-dealkylation sites (N-methyl/N-ethyl adjacent to an activating group) is 1.